The Balaban J connectivity index is 1.67. The summed E-state index contributed by atoms with van der Waals surface area (Å²) in [5.41, 5.74) is 1.51. The second kappa shape index (κ2) is 6.49. The molecule has 0 bridgehead atoms. The van der Waals surface area contributed by atoms with Crippen LogP contribution in [0.25, 0.3) is 0 Å². The van der Waals surface area contributed by atoms with Crippen LogP contribution in [0.15, 0.2) is 0 Å². The maximum Gasteiger partial charge on any atom is 0.245 e. The van der Waals surface area contributed by atoms with Gasteiger partial charge in [0.25, 0.3) is 0 Å². The number of amides is 1. The summed E-state index contributed by atoms with van der Waals surface area (Å²) in [5, 5.41) is 3.74. The zero-order chi connectivity index (χ0) is 16.6. The molecule has 3 rings (SSSR count). The van der Waals surface area contributed by atoms with Crippen molar-refractivity contribution in [3.63, 3.8) is 0 Å². The van der Waals surface area contributed by atoms with Gasteiger partial charge in [-0.15, -0.1) is 11.3 Å². The Hall–Kier alpha value is -0.980. The first-order valence-corrected chi connectivity index (χ1v) is 9.23. The third kappa shape index (κ3) is 3.75. The first-order valence-electron chi connectivity index (χ1n) is 8.42. The fourth-order valence-electron chi connectivity index (χ4n) is 3.32. The lowest BCUT2D eigenvalue weighted by Gasteiger charge is -2.33. The van der Waals surface area contributed by atoms with E-state index in [-0.39, 0.29) is 11.9 Å². The van der Waals surface area contributed by atoms with Gasteiger partial charge in [-0.05, 0) is 37.6 Å². The normalized spacial score (nSPS) is 25.9. The molecular formula is C17H27N3O2S. The molecule has 1 fully saturated rings. The third-order valence-electron chi connectivity index (χ3n) is 5.09. The van der Waals surface area contributed by atoms with E-state index in [1.807, 2.05) is 11.9 Å². The molecule has 6 heteroatoms. The lowest BCUT2D eigenvalue weighted by atomic mass is 9.73. The van der Waals surface area contributed by atoms with Gasteiger partial charge < -0.3 is 10.1 Å². The number of aromatic nitrogens is 1. The number of anilines is 1. The van der Waals surface area contributed by atoms with E-state index in [0.717, 1.165) is 24.5 Å². The molecule has 2 unspecified atom stereocenters. The Labute approximate surface area is 142 Å². The minimum atomic E-state index is -0.216. The fourth-order valence-corrected chi connectivity index (χ4v) is 4.41. The largest absolute Gasteiger partial charge is 0.378 e. The molecule has 128 valence electrons. The van der Waals surface area contributed by atoms with E-state index in [0.29, 0.717) is 24.5 Å². The highest BCUT2D eigenvalue weighted by atomic mass is 32.1. The van der Waals surface area contributed by atoms with Crippen LogP contribution in [0.1, 0.15) is 37.8 Å². The van der Waals surface area contributed by atoms with Crippen molar-refractivity contribution in [1.29, 1.82) is 0 Å². The van der Waals surface area contributed by atoms with Gasteiger partial charge in [0, 0.05) is 11.4 Å². The van der Waals surface area contributed by atoms with Gasteiger partial charge in [-0.2, -0.15) is 0 Å². The Morgan fingerprint density at radius 1 is 1.43 bits per heavy atom. The number of aryl methyl sites for hydroxylation is 1. The Kier molecular flexibility index (Phi) is 4.76. The van der Waals surface area contributed by atoms with Gasteiger partial charge in [0.1, 0.15) is 6.04 Å². The molecule has 1 aliphatic carbocycles. The first kappa shape index (κ1) is 16.9. The van der Waals surface area contributed by atoms with E-state index in [4.69, 9.17) is 4.74 Å². The third-order valence-corrected chi connectivity index (χ3v) is 6.13. The summed E-state index contributed by atoms with van der Waals surface area (Å²) in [5.74, 6) is 0.683. The molecule has 0 spiro atoms. The second-order valence-corrected chi connectivity index (χ2v) is 8.84. The van der Waals surface area contributed by atoms with Crippen molar-refractivity contribution < 1.29 is 9.53 Å². The molecule has 1 aromatic rings. The fraction of sp³-hybridized carbons (Fsp3) is 0.765. The van der Waals surface area contributed by atoms with Gasteiger partial charge in [-0.3, -0.25) is 9.69 Å². The lowest BCUT2D eigenvalue weighted by molar-refractivity contribution is -0.126. The number of ether oxygens (including phenoxy) is 1. The number of hydrogen-bond acceptors (Lipinski definition) is 5. The van der Waals surface area contributed by atoms with Gasteiger partial charge in [-0.1, -0.05) is 20.8 Å². The Bertz CT molecular complexity index is 579. The van der Waals surface area contributed by atoms with Crippen molar-refractivity contribution in [2.75, 3.05) is 32.1 Å². The molecule has 2 aliphatic rings. The van der Waals surface area contributed by atoms with E-state index in [1.54, 1.807) is 11.3 Å². The monoisotopic (exact) mass is 337 g/mol. The molecule has 0 aromatic carbocycles. The number of fused-ring (bicyclic) bond motifs is 1. The van der Waals surface area contributed by atoms with E-state index in [1.165, 1.54) is 17.0 Å². The summed E-state index contributed by atoms with van der Waals surface area (Å²) in [7, 11) is 1.97. The number of thiazole rings is 1. The standard InChI is InChI=1S/C17H27N3O2S/c1-17(2,3)11-5-6-12-14(9-11)23-16(18-12)19-15(21)13-10-22-8-7-20(13)4/h11,13H,5-10H2,1-4H3,(H,18,19,21). The second-order valence-electron chi connectivity index (χ2n) is 7.76. The molecule has 2 atom stereocenters. The van der Waals surface area contributed by atoms with Crippen molar-refractivity contribution in [2.24, 2.45) is 11.3 Å². The molecule has 2 heterocycles. The summed E-state index contributed by atoms with van der Waals surface area (Å²) < 4.78 is 5.42. The van der Waals surface area contributed by atoms with Crippen molar-refractivity contribution in [1.82, 2.24) is 9.88 Å². The quantitative estimate of drug-likeness (QED) is 0.901. The van der Waals surface area contributed by atoms with Crippen LogP contribution in [-0.4, -0.2) is 48.6 Å². The predicted octanol–water partition coefficient (Wildman–Crippen LogP) is 2.56. The van der Waals surface area contributed by atoms with Crippen LogP contribution >= 0.6 is 11.3 Å². The number of rotatable bonds is 2. The minimum absolute atomic E-state index is 0.00864. The van der Waals surface area contributed by atoms with Crippen LogP contribution in [0, 0.1) is 11.3 Å². The molecule has 5 nitrogen and oxygen atoms in total. The van der Waals surface area contributed by atoms with Crippen LogP contribution in [0.3, 0.4) is 0 Å². The molecule has 0 radical (unpaired) electrons. The van der Waals surface area contributed by atoms with Gasteiger partial charge >= 0.3 is 0 Å². The van der Waals surface area contributed by atoms with Crippen LogP contribution in [0.2, 0.25) is 0 Å². The summed E-state index contributed by atoms with van der Waals surface area (Å²) in [6.45, 7) is 8.88. The van der Waals surface area contributed by atoms with E-state index < -0.39 is 0 Å². The number of carbonyl (C=O) groups is 1. The van der Waals surface area contributed by atoms with E-state index in [9.17, 15) is 4.79 Å². The lowest BCUT2D eigenvalue weighted by Crippen LogP contribution is -2.49. The minimum Gasteiger partial charge on any atom is -0.378 e. The number of morpholine rings is 1. The van der Waals surface area contributed by atoms with Crippen LogP contribution in [-0.2, 0) is 22.4 Å². The van der Waals surface area contributed by atoms with Gasteiger partial charge in [0.05, 0.1) is 18.9 Å². The molecule has 1 amide bonds. The number of hydrogen-bond donors (Lipinski definition) is 1. The van der Waals surface area contributed by atoms with Crippen molar-refractivity contribution >= 4 is 22.4 Å². The van der Waals surface area contributed by atoms with Crippen LogP contribution in [0.4, 0.5) is 5.13 Å². The Morgan fingerprint density at radius 2 is 2.22 bits per heavy atom. The van der Waals surface area contributed by atoms with Crippen LogP contribution in [0.5, 0.6) is 0 Å². The molecule has 1 aromatic heterocycles. The molecular weight excluding hydrogens is 310 g/mol. The smallest absolute Gasteiger partial charge is 0.245 e. The molecule has 0 saturated carbocycles. The molecule has 1 saturated heterocycles. The average Bonchev–Trinajstić information content (AvgIpc) is 2.87. The molecule has 1 aliphatic heterocycles. The van der Waals surface area contributed by atoms with Crippen LogP contribution < -0.4 is 5.32 Å². The van der Waals surface area contributed by atoms with Crippen molar-refractivity contribution in [2.45, 2.75) is 46.1 Å². The first-order chi connectivity index (χ1) is 10.8. The zero-order valence-corrected chi connectivity index (χ0v) is 15.3. The number of nitrogens with one attached hydrogen (secondary N) is 1. The highest BCUT2D eigenvalue weighted by Crippen LogP contribution is 2.40. The number of nitrogens with zero attached hydrogens (tertiary/aromatic N) is 2. The molecule has 23 heavy (non-hydrogen) atoms. The topological polar surface area (TPSA) is 54.5 Å². The summed E-state index contributed by atoms with van der Waals surface area (Å²) >= 11 is 1.65. The van der Waals surface area contributed by atoms with Gasteiger partial charge in [0.2, 0.25) is 5.91 Å². The highest BCUT2D eigenvalue weighted by molar-refractivity contribution is 7.15. The maximum absolute atomic E-state index is 12.4. The molecule has 1 N–H and O–H groups in total. The van der Waals surface area contributed by atoms with Gasteiger partial charge in [-0.25, -0.2) is 4.98 Å². The Morgan fingerprint density at radius 3 is 2.91 bits per heavy atom. The van der Waals surface area contributed by atoms with Gasteiger partial charge in [0.15, 0.2) is 5.13 Å². The van der Waals surface area contributed by atoms with Crippen molar-refractivity contribution in [3.8, 4) is 0 Å². The highest BCUT2D eigenvalue weighted by Gasteiger charge is 2.32. The summed E-state index contributed by atoms with van der Waals surface area (Å²) in [6, 6.07) is -0.216. The number of likely N-dealkylation sites (N-methyl/N-ethyl adjacent to an activating group) is 1. The van der Waals surface area contributed by atoms with E-state index >= 15 is 0 Å². The number of carbonyl (C=O) groups excluding carboxylic acids is 1. The zero-order valence-electron chi connectivity index (χ0n) is 14.5. The summed E-state index contributed by atoms with van der Waals surface area (Å²) in [6.07, 6.45) is 3.29. The predicted molar refractivity (Wildman–Crippen MR) is 93.0 cm³/mol. The average molecular weight is 337 g/mol. The van der Waals surface area contributed by atoms with E-state index in [2.05, 4.69) is 31.1 Å². The SMILES string of the molecule is CN1CCOCC1C(=O)Nc1nc2c(s1)CC(C(C)(C)C)CC2. The van der Waals surface area contributed by atoms with Crippen molar-refractivity contribution in [3.05, 3.63) is 10.6 Å². The maximum atomic E-state index is 12.4. The summed E-state index contributed by atoms with van der Waals surface area (Å²) in [4.78, 5) is 20.5.